The van der Waals surface area contributed by atoms with Crippen LogP contribution in [0.15, 0.2) is 41.6 Å². The van der Waals surface area contributed by atoms with Crippen molar-refractivity contribution in [1.82, 2.24) is 19.9 Å². The average molecular weight is 521 g/mol. The van der Waals surface area contributed by atoms with Crippen LogP contribution in [0.25, 0.3) is 11.3 Å². The van der Waals surface area contributed by atoms with E-state index in [1.54, 1.807) is 7.05 Å². The Labute approximate surface area is 207 Å². The largest absolute Gasteiger partial charge is 0.335 e. The Hall–Kier alpha value is -3.18. The summed E-state index contributed by atoms with van der Waals surface area (Å²) < 4.78 is 55.1. The highest BCUT2D eigenvalue weighted by Gasteiger charge is 2.24. The minimum atomic E-state index is -1.27. The fourth-order valence-electron chi connectivity index (χ4n) is 3.43. The minimum absolute atomic E-state index is 0.140. The summed E-state index contributed by atoms with van der Waals surface area (Å²) >= 11 is 2.41. The number of aromatic nitrogens is 3. The molecule has 0 radical (unpaired) electrons. The van der Waals surface area contributed by atoms with Gasteiger partial charge in [0.15, 0.2) is 16.8 Å². The number of benzene rings is 2. The van der Waals surface area contributed by atoms with E-state index in [4.69, 9.17) is 0 Å². The number of thioether (sulfide) groups is 1. The predicted molar refractivity (Wildman–Crippen MR) is 127 cm³/mol. The molecule has 0 saturated carbocycles. The molecule has 5 nitrogen and oxygen atoms in total. The van der Waals surface area contributed by atoms with Gasteiger partial charge in [-0.3, -0.25) is 4.79 Å². The van der Waals surface area contributed by atoms with Gasteiger partial charge in [0.05, 0.1) is 17.2 Å². The number of aromatic amines is 1. The molecular formula is C24H20F4N4OS2. The molecule has 1 amide bonds. The number of halogens is 4. The molecule has 2 heterocycles. The maximum absolute atomic E-state index is 14.1. The lowest BCUT2D eigenvalue weighted by Crippen LogP contribution is -2.27. The molecule has 0 bridgehead atoms. The van der Waals surface area contributed by atoms with Crippen LogP contribution in [-0.4, -0.2) is 32.8 Å². The van der Waals surface area contributed by atoms with Gasteiger partial charge < -0.3 is 9.88 Å². The monoisotopic (exact) mass is 520 g/mol. The number of carbonyl (C=O) groups excluding carboxylic acids is 1. The van der Waals surface area contributed by atoms with E-state index in [-0.39, 0.29) is 28.2 Å². The van der Waals surface area contributed by atoms with Crippen LogP contribution in [0.2, 0.25) is 0 Å². The normalized spacial score (nSPS) is 11.2. The van der Waals surface area contributed by atoms with Crippen LogP contribution in [0.5, 0.6) is 0 Å². The molecule has 2 aromatic carbocycles. The Bertz CT molecular complexity index is 1390. The Kier molecular flexibility index (Phi) is 7.27. The summed E-state index contributed by atoms with van der Waals surface area (Å²) in [4.78, 5) is 27.5. The van der Waals surface area contributed by atoms with Crippen LogP contribution in [0, 0.1) is 37.1 Å². The molecule has 0 unspecified atom stereocenters. The van der Waals surface area contributed by atoms with Crippen molar-refractivity contribution in [1.29, 1.82) is 0 Å². The van der Waals surface area contributed by atoms with Crippen LogP contribution >= 0.6 is 23.1 Å². The number of nitrogens with zero attached hydrogens (tertiary/aromatic N) is 3. The molecule has 0 atom stereocenters. The van der Waals surface area contributed by atoms with Gasteiger partial charge in [-0.1, -0.05) is 11.8 Å². The van der Waals surface area contributed by atoms with E-state index in [0.717, 1.165) is 39.5 Å². The van der Waals surface area contributed by atoms with E-state index in [1.807, 2.05) is 13.8 Å². The number of imidazole rings is 1. The molecule has 0 fully saturated rings. The van der Waals surface area contributed by atoms with Gasteiger partial charge >= 0.3 is 0 Å². The molecule has 0 aliphatic heterocycles. The van der Waals surface area contributed by atoms with Gasteiger partial charge in [0, 0.05) is 28.8 Å². The van der Waals surface area contributed by atoms with Crippen molar-refractivity contribution < 1.29 is 22.4 Å². The van der Waals surface area contributed by atoms with E-state index in [0.29, 0.717) is 12.1 Å². The van der Waals surface area contributed by atoms with Gasteiger partial charge in [0.2, 0.25) is 0 Å². The lowest BCUT2D eigenvalue weighted by molar-refractivity contribution is 0.0781. The standard InChI is InChI=1S/C24H20F4N4OS2/c1-12-19(35-13(2)29-12)10-32(3)23(33)22-21(14-4-6-15(25)7-5-14)30-24(31-22)34-11-16-17(26)8-9-18(27)20(16)28/h4-9H,10-11H2,1-3H3,(H,30,31). The van der Waals surface area contributed by atoms with E-state index in [9.17, 15) is 22.4 Å². The summed E-state index contributed by atoms with van der Waals surface area (Å²) in [7, 11) is 1.64. The highest BCUT2D eigenvalue weighted by Crippen LogP contribution is 2.30. The number of nitrogens with one attached hydrogen (secondary N) is 1. The molecule has 0 spiro atoms. The maximum Gasteiger partial charge on any atom is 0.272 e. The van der Waals surface area contributed by atoms with Crippen LogP contribution in [0.1, 0.15) is 31.6 Å². The second kappa shape index (κ2) is 10.2. The zero-order chi connectivity index (χ0) is 25.3. The van der Waals surface area contributed by atoms with Crippen molar-refractivity contribution in [3.63, 3.8) is 0 Å². The average Bonchev–Trinajstić information content (AvgIpc) is 3.38. The number of carbonyl (C=O) groups is 1. The quantitative estimate of drug-likeness (QED) is 0.177. The van der Waals surface area contributed by atoms with Crippen LogP contribution in [-0.2, 0) is 12.3 Å². The van der Waals surface area contributed by atoms with Crippen LogP contribution in [0.4, 0.5) is 17.6 Å². The van der Waals surface area contributed by atoms with Crippen molar-refractivity contribution in [2.24, 2.45) is 0 Å². The van der Waals surface area contributed by atoms with Gasteiger partial charge in [-0.15, -0.1) is 11.3 Å². The summed E-state index contributed by atoms with van der Waals surface area (Å²) in [5, 5.41) is 1.09. The number of hydrogen-bond donors (Lipinski definition) is 1. The maximum atomic E-state index is 14.1. The van der Waals surface area contributed by atoms with E-state index < -0.39 is 28.8 Å². The first-order valence-corrected chi connectivity index (χ1v) is 12.2. The number of rotatable bonds is 7. The molecule has 0 aliphatic carbocycles. The third-order valence-electron chi connectivity index (χ3n) is 5.23. The van der Waals surface area contributed by atoms with Crippen LogP contribution in [0.3, 0.4) is 0 Å². The number of H-pyrrole nitrogens is 1. The molecule has 1 N–H and O–H groups in total. The van der Waals surface area contributed by atoms with Gasteiger partial charge in [-0.2, -0.15) is 0 Å². The lowest BCUT2D eigenvalue weighted by Gasteiger charge is -2.16. The van der Waals surface area contributed by atoms with Crippen molar-refractivity contribution in [2.75, 3.05) is 7.05 Å². The topological polar surface area (TPSA) is 61.9 Å². The number of aryl methyl sites for hydroxylation is 2. The van der Waals surface area contributed by atoms with E-state index >= 15 is 0 Å². The summed E-state index contributed by atoms with van der Waals surface area (Å²) in [5.41, 5.74) is 1.29. The molecular weight excluding hydrogens is 500 g/mol. The van der Waals surface area contributed by atoms with E-state index in [2.05, 4.69) is 15.0 Å². The van der Waals surface area contributed by atoms with Crippen LogP contribution < -0.4 is 0 Å². The first-order valence-electron chi connectivity index (χ1n) is 10.4. The third-order valence-corrected chi connectivity index (χ3v) is 7.19. The first-order chi connectivity index (χ1) is 16.6. The molecule has 4 aromatic rings. The second-order valence-electron chi connectivity index (χ2n) is 7.79. The highest BCUT2D eigenvalue weighted by molar-refractivity contribution is 7.98. The molecule has 0 saturated heterocycles. The summed E-state index contributed by atoms with van der Waals surface area (Å²) in [6, 6.07) is 7.04. The summed E-state index contributed by atoms with van der Waals surface area (Å²) in [6.45, 7) is 4.08. The lowest BCUT2D eigenvalue weighted by atomic mass is 10.1. The second-order valence-corrected chi connectivity index (χ2v) is 10.0. The molecule has 182 valence electrons. The first kappa shape index (κ1) is 24.9. The number of thiazole rings is 1. The fraction of sp³-hybridized carbons (Fsp3) is 0.208. The minimum Gasteiger partial charge on any atom is -0.335 e. The fourth-order valence-corrected chi connectivity index (χ4v) is 5.30. The zero-order valence-electron chi connectivity index (χ0n) is 19.0. The number of amides is 1. The number of hydrogen-bond acceptors (Lipinski definition) is 5. The molecule has 35 heavy (non-hydrogen) atoms. The SMILES string of the molecule is Cc1nc(C)c(CN(C)C(=O)c2[nH]c(SCc3c(F)ccc(F)c3F)nc2-c2ccc(F)cc2)s1. The predicted octanol–water partition coefficient (Wildman–Crippen LogP) is 6.27. The van der Waals surface area contributed by atoms with Crippen molar-refractivity contribution >= 4 is 29.0 Å². The van der Waals surface area contributed by atoms with Gasteiger partial charge in [0.1, 0.15) is 23.0 Å². The molecule has 0 aliphatic rings. The highest BCUT2D eigenvalue weighted by atomic mass is 32.2. The zero-order valence-corrected chi connectivity index (χ0v) is 20.6. The summed E-state index contributed by atoms with van der Waals surface area (Å²) in [5.74, 6) is -4.38. The van der Waals surface area contributed by atoms with Crippen molar-refractivity contribution in [3.8, 4) is 11.3 Å². The van der Waals surface area contributed by atoms with Crippen molar-refractivity contribution in [2.45, 2.75) is 31.3 Å². The third kappa shape index (κ3) is 5.40. The van der Waals surface area contributed by atoms with E-state index in [1.165, 1.54) is 40.5 Å². The molecule has 4 rings (SSSR count). The Morgan fingerprint density at radius 2 is 1.71 bits per heavy atom. The Morgan fingerprint density at radius 3 is 2.37 bits per heavy atom. The Balaban J connectivity index is 1.65. The van der Waals surface area contributed by atoms with Crippen molar-refractivity contribution in [3.05, 3.63) is 86.5 Å². The summed E-state index contributed by atoms with van der Waals surface area (Å²) in [6.07, 6.45) is 0. The van der Waals surface area contributed by atoms with Gasteiger partial charge in [-0.25, -0.2) is 27.5 Å². The molecule has 11 heteroatoms. The smallest absolute Gasteiger partial charge is 0.272 e. The van der Waals surface area contributed by atoms with Gasteiger partial charge in [0.25, 0.3) is 5.91 Å². The Morgan fingerprint density at radius 1 is 1.03 bits per heavy atom. The van der Waals surface area contributed by atoms with Gasteiger partial charge in [-0.05, 0) is 50.2 Å². The molecule has 2 aromatic heterocycles.